The maximum Gasteiger partial charge on any atom is 0.294 e. The molecule has 10 heteroatoms. The lowest BCUT2D eigenvalue weighted by Gasteiger charge is -2.17. The van der Waals surface area contributed by atoms with Gasteiger partial charge in [0.05, 0.1) is 21.2 Å². The Balaban J connectivity index is 2.48. The zero-order chi connectivity index (χ0) is 19.5. The van der Waals surface area contributed by atoms with E-state index < -0.39 is 20.2 Å². The minimum Gasteiger partial charge on any atom is -0.282 e. The molecule has 0 saturated carbocycles. The molecule has 0 heterocycles. The number of hydrogen-bond acceptors (Lipinski definition) is 6. The molecule has 0 amide bonds. The monoisotopic (exact) mass is 400 g/mol. The summed E-state index contributed by atoms with van der Waals surface area (Å²) in [5.74, 6) is -0.372. The highest BCUT2D eigenvalue weighted by Gasteiger charge is 2.22. The van der Waals surface area contributed by atoms with E-state index in [9.17, 15) is 25.9 Å². The highest BCUT2D eigenvalue weighted by Crippen LogP contribution is 2.23. The molecule has 0 spiro atoms. The van der Waals surface area contributed by atoms with Gasteiger partial charge in [-0.15, -0.1) is 0 Å². The first kappa shape index (κ1) is 20.4. The minimum atomic E-state index is -4.37. The zero-order valence-electron chi connectivity index (χ0n) is 14.3. The Morgan fingerprint density at radius 1 is 0.808 bits per heavy atom. The average Bonchev–Trinajstić information content (AvgIpc) is 2.57. The number of rotatable bonds is 5. The third-order valence-corrected chi connectivity index (χ3v) is 5.78. The van der Waals surface area contributed by atoms with Gasteiger partial charge in [0.15, 0.2) is 0 Å². The lowest BCUT2D eigenvalue weighted by molar-refractivity contribution is 0.489. The first-order valence-corrected chi connectivity index (χ1v) is 10.8. The van der Waals surface area contributed by atoms with Crippen LogP contribution in [0.5, 0.6) is 0 Å². The van der Waals surface area contributed by atoms with Crippen molar-refractivity contribution in [2.24, 2.45) is 22.0 Å². The van der Waals surface area contributed by atoms with Crippen LogP contribution in [0.15, 0.2) is 56.5 Å². The first-order chi connectivity index (χ1) is 12.1. The van der Waals surface area contributed by atoms with Crippen molar-refractivity contribution in [2.45, 2.75) is 26.7 Å². The molecule has 0 radical (unpaired) electrons. The third kappa shape index (κ3) is 4.85. The van der Waals surface area contributed by atoms with Gasteiger partial charge in [0.1, 0.15) is 0 Å². The summed E-state index contributed by atoms with van der Waals surface area (Å²) in [6.45, 7) is 3.77. The average molecular weight is 400 g/mol. The van der Waals surface area contributed by atoms with E-state index in [1.54, 1.807) is 12.2 Å². The van der Waals surface area contributed by atoms with Crippen LogP contribution < -0.4 is 0 Å². The molecular formula is C16H20N2O6S2. The van der Waals surface area contributed by atoms with Gasteiger partial charge >= 0.3 is 0 Å². The minimum absolute atomic E-state index is 0.186. The highest BCUT2D eigenvalue weighted by atomic mass is 32.2. The highest BCUT2D eigenvalue weighted by molar-refractivity contribution is 7.90. The summed E-state index contributed by atoms with van der Waals surface area (Å²) in [6.07, 6.45) is 9.59. The molecule has 0 saturated heterocycles. The normalized spacial score (nSPS) is 26.9. The molecule has 26 heavy (non-hydrogen) atoms. The maximum absolute atomic E-state index is 11.3. The number of hydrogen-bond donors (Lipinski definition) is 2. The fourth-order valence-electron chi connectivity index (χ4n) is 2.55. The lowest BCUT2D eigenvalue weighted by atomic mass is 9.95. The van der Waals surface area contributed by atoms with Gasteiger partial charge < -0.3 is 0 Å². The Morgan fingerprint density at radius 2 is 1.15 bits per heavy atom. The third-order valence-electron chi connectivity index (χ3n) is 4.08. The molecule has 0 aromatic carbocycles. The summed E-state index contributed by atoms with van der Waals surface area (Å²) in [4.78, 5) is -0.572. The van der Waals surface area contributed by atoms with Crippen molar-refractivity contribution in [3.8, 4) is 0 Å². The van der Waals surface area contributed by atoms with Crippen LogP contribution in [0.1, 0.15) is 26.7 Å². The first-order valence-electron chi connectivity index (χ1n) is 7.96. The molecule has 0 aliphatic heterocycles. The quantitative estimate of drug-likeness (QED) is 0.538. The predicted molar refractivity (Wildman–Crippen MR) is 100.0 cm³/mol. The van der Waals surface area contributed by atoms with E-state index in [4.69, 9.17) is 0 Å². The summed E-state index contributed by atoms with van der Waals surface area (Å²) in [5, 5.41) is 8.17. The molecule has 0 fully saturated rings. The Bertz CT molecular complexity index is 886. The van der Waals surface area contributed by atoms with E-state index in [-0.39, 0.29) is 21.6 Å². The van der Waals surface area contributed by atoms with E-state index in [1.807, 2.05) is 13.8 Å². The van der Waals surface area contributed by atoms with Gasteiger partial charge in [-0.2, -0.15) is 27.0 Å². The molecule has 0 bridgehead atoms. The van der Waals surface area contributed by atoms with Gasteiger partial charge in [0, 0.05) is 11.8 Å². The number of nitrogens with zero attached hydrogens (tertiary/aromatic N) is 2. The van der Waals surface area contributed by atoms with Crippen LogP contribution in [0.2, 0.25) is 0 Å². The van der Waals surface area contributed by atoms with Crippen LogP contribution in [0.3, 0.4) is 0 Å². The lowest BCUT2D eigenvalue weighted by Crippen LogP contribution is -2.18. The summed E-state index contributed by atoms with van der Waals surface area (Å²) in [6, 6.07) is 0. The Kier molecular flexibility index (Phi) is 6.12. The van der Waals surface area contributed by atoms with Gasteiger partial charge in [-0.1, -0.05) is 26.0 Å². The van der Waals surface area contributed by atoms with E-state index in [0.717, 1.165) is 0 Å². The standard InChI is InChI=1S/C16H20N2O6S2/c1-3-11-5-7-13(25(19,20)21)9-15(11)17-18-16-10-14(26(22,23)24)8-6-12(16)4-2/h5-12H,3-4H2,1-2H3,(H,19,20,21)(H,22,23,24). The van der Waals surface area contributed by atoms with Crippen molar-refractivity contribution in [3.63, 3.8) is 0 Å². The van der Waals surface area contributed by atoms with Crippen LogP contribution in [0, 0.1) is 11.8 Å². The summed E-state index contributed by atoms with van der Waals surface area (Å²) >= 11 is 0. The molecule has 8 nitrogen and oxygen atoms in total. The van der Waals surface area contributed by atoms with Gasteiger partial charge in [-0.25, -0.2) is 0 Å². The zero-order valence-corrected chi connectivity index (χ0v) is 15.9. The fourth-order valence-corrected chi connectivity index (χ4v) is 3.59. The Hall–Kier alpha value is -1.88. The molecule has 2 aliphatic carbocycles. The largest absolute Gasteiger partial charge is 0.294 e. The predicted octanol–water partition coefficient (Wildman–Crippen LogP) is 2.52. The maximum atomic E-state index is 11.3. The van der Waals surface area contributed by atoms with Crippen LogP contribution in [0.4, 0.5) is 0 Å². The number of allylic oxidation sites excluding steroid dienone is 6. The summed E-state index contributed by atoms with van der Waals surface area (Å²) < 4.78 is 63.6. The van der Waals surface area contributed by atoms with Crippen molar-refractivity contribution < 1.29 is 25.9 Å². The second-order valence-corrected chi connectivity index (χ2v) is 8.68. The molecular weight excluding hydrogens is 380 g/mol. The van der Waals surface area contributed by atoms with E-state index in [0.29, 0.717) is 24.3 Å². The van der Waals surface area contributed by atoms with Gasteiger partial charge in [-0.05, 0) is 37.1 Å². The summed E-state index contributed by atoms with van der Waals surface area (Å²) in [5.41, 5.74) is 0.669. The SMILES string of the molecule is CCC1C=CC(S(=O)(=O)O)=CC1=NN=C1C=C(S(=O)(=O)O)C=CC1CC. The van der Waals surface area contributed by atoms with Crippen molar-refractivity contribution >= 4 is 31.7 Å². The molecule has 0 aromatic heterocycles. The van der Waals surface area contributed by atoms with Crippen LogP contribution in [-0.2, 0) is 20.2 Å². The van der Waals surface area contributed by atoms with Crippen molar-refractivity contribution in [1.29, 1.82) is 0 Å². The molecule has 2 aliphatic rings. The molecule has 2 atom stereocenters. The van der Waals surface area contributed by atoms with E-state index in [2.05, 4.69) is 10.2 Å². The molecule has 2 unspecified atom stereocenters. The molecule has 0 aromatic rings. The Labute approximate surface area is 152 Å². The van der Waals surface area contributed by atoms with Crippen molar-refractivity contribution in [2.75, 3.05) is 0 Å². The smallest absolute Gasteiger partial charge is 0.282 e. The van der Waals surface area contributed by atoms with Crippen LogP contribution in [0.25, 0.3) is 0 Å². The fraction of sp³-hybridized carbons (Fsp3) is 0.375. The van der Waals surface area contributed by atoms with Crippen LogP contribution in [-0.4, -0.2) is 37.4 Å². The van der Waals surface area contributed by atoms with Crippen LogP contribution >= 0.6 is 0 Å². The van der Waals surface area contributed by atoms with E-state index in [1.165, 1.54) is 24.3 Å². The molecule has 2 rings (SSSR count). The molecule has 142 valence electrons. The van der Waals surface area contributed by atoms with Gasteiger partial charge in [-0.3, -0.25) is 9.11 Å². The van der Waals surface area contributed by atoms with Crippen molar-refractivity contribution in [3.05, 3.63) is 46.3 Å². The summed E-state index contributed by atoms with van der Waals surface area (Å²) in [7, 11) is -8.74. The molecule has 2 N–H and O–H groups in total. The van der Waals surface area contributed by atoms with Crippen molar-refractivity contribution in [1.82, 2.24) is 0 Å². The second kappa shape index (κ2) is 7.78. The topological polar surface area (TPSA) is 133 Å². The van der Waals surface area contributed by atoms with Gasteiger partial charge in [0.2, 0.25) is 0 Å². The second-order valence-electron chi connectivity index (χ2n) is 5.84. The van der Waals surface area contributed by atoms with E-state index >= 15 is 0 Å². The Morgan fingerprint density at radius 3 is 1.42 bits per heavy atom. The van der Waals surface area contributed by atoms with Gasteiger partial charge in [0.25, 0.3) is 20.2 Å².